The van der Waals surface area contributed by atoms with E-state index in [4.69, 9.17) is 0 Å². The van der Waals surface area contributed by atoms with Gasteiger partial charge in [-0.25, -0.2) is 0 Å². The number of rotatable bonds is 1. The van der Waals surface area contributed by atoms with E-state index in [2.05, 4.69) is 25.0 Å². The third-order valence-electron chi connectivity index (χ3n) is 3.08. The molecule has 0 radical (unpaired) electrons. The molecular weight excluding hydrogens is 182 g/mol. The molecular formula is C14H23N. The molecule has 0 aromatic carbocycles. The van der Waals surface area contributed by atoms with Gasteiger partial charge >= 0.3 is 0 Å². The van der Waals surface area contributed by atoms with Crippen molar-refractivity contribution in [2.45, 2.75) is 59.8 Å². The van der Waals surface area contributed by atoms with Gasteiger partial charge in [-0.15, -0.1) is 0 Å². The Hall–Kier alpha value is -0.850. The zero-order valence-electron chi connectivity index (χ0n) is 10.6. The molecule has 0 aliphatic heterocycles. The van der Waals surface area contributed by atoms with Gasteiger partial charge in [-0.05, 0) is 55.7 Å². The van der Waals surface area contributed by atoms with E-state index in [1.165, 1.54) is 42.5 Å². The zero-order valence-corrected chi connectivity index (χ0v) is 10.6. The van der Waals surface area contributed by atoms with Crippen LogP contribution in [0.1, 0.15) is 56.0 Å². The van der Waals surface area contributed by atoms with Crippen LogP contribution < -0.4 is 0 Å². The molecule has 1 heterocycles. The molecule has 1 aliphatic rings. The summed E-state index contributed by atoms with van der Waals surface area (Å²) in [5.74, 6) is 0. The van der Waals surface area contributed by atoms with E-state index in [1.807, 2.05) is 13.8 Å². The fourth-order valence-corrected chi connectivity index (χ4v) is 2.36. The van der Waals surface area contributed by atoms with Gasteiger partial charge in [0, 0.05) is 11.9 Å². The Morgan fingerprint density at radius 3 is 2.53 bits per heavy atom. The van der Waals surface area contributed by atoms with Crippen molar-refractivity contribution in [3.63, 3.8) is 0 Å². The third-order valence-corrected chi connectivity index (χ3v) is 3.08. The van der Waals surface area contributed by atoms with Crippen molar-refractivity contribution in [2.75, 3.05) is 0 Å². The smallest absolute Gasteiger partial charge is 0.0407 e. The maximum atomic E-state index is 4.46. The molecule has 1 nitrogen and oxygen atoms in total. The molecule has 1 aromatic heterocycles. The molecule has 0 saturated carbocycles. The fourth-order valence-electron chi connectivity index (χ4n) is 2.36. The molecule has 0 bridgehead atoms. The first-order valence-electron chi connectivity index (χ1n) is 6.29. The number of nitrogens with zero attached hydrogens (tertiary/aromatic N) is 1. The predicted octanol–water partition coefficient (Wildman–Crippen LogP) is 3.86. The van der Waals surface area contributed by atoms with Crippen molar-refractivity contribution in [1.29, 1.82) is 0 Å². The van der Waals surface area contributed by atoms with Crippen LogP contribution in [0, 0.1) is 6.92 Å². The van der Waals surface area contributed by atoms with Gasteiger partial charge < -0.3 is 0 Å². The van der Waals surface area contributed by atoms with Crippen LogP contribution in [0.3, 0.4) is 0 Å². The van der Waals surface area contributed by atoms with Gasteiger partial charge in [0.1, 0.15) is 0 Å². The Morgan fingerprint density at radius 2 is 1.87 bits per heavy atom. The number of aromatic nitrogens is 1. The Morgan fingerprint density at radius 1 is 1.20 bits per heavy atom. The first kappa shape index (κ1) is 12.2. The van der Waals surface area contributed by atoms with Crippen molar-refractivity contribution in [3.05, 3.63) is 28.6 Å². The molecule has 15 heavy (non-hydrogen) atoms. The zero-order chi connectivity index (χ0) is 11.3. The van der Waals surface area contributed by atoms with E-state index in [9.17, 15) is 0 Å². The van der Waals surface area contributed by atoms with Gasteiger partial charge in [-0.2, -0.15) is 0 Å². The average Bonchev–Trinajstić information content (AvgIpc) is 2.32. The van der Waals surface area contributed by atoms with Crippen LogP contribution in [0.4, 0.5) is 0 Å². The highest BCUT2D eigenvalue weighted by Gasteiger charge is 2.14. The van der Waals surface area contributed by atoms with Gasteiger partial charge in [0.05, 0.1) is 0 Å². The van der Waals surface area contributed by atoms with E-state index in [0.29, 0.717) is 0 Å². The topological polar surface area (TPSA) is 12.9 Å². The first-order chi connectivity index (χ1) is 7.33. The summed E-state index contributed by atoms with van der Waals surface area (Å²) in [7, 11) is 0. The van der Waals surface area contributed by atoms with Crippen LogP contribution in [0.15, 0.2) is 6.20 Å². The number of pyridine rings is 1. The van der Waals surface area contributed by atoms with E-state index >= 15 is 0 Å². The fraction of sp³-hybridized carbons (Fsp3) is 0.643. The standard InChI is InChI=1S/C12H17N.C2H6/c1-3-11-9(2)13-8-10-6-4-5-7-12(10)11;1-2/h8H,3-7H2,1-2H3;1-2H3. The normalized spacial score (nSPS) is 13.9. The summed E-state index contributed by atoms with van der Waals surface area (Å²) in [5, 5.41) is 0. The Bertz CT molecular complexity index is 315. The molecule has 1 aliphatic carbocycles. The molecule has 0 atom stereocenters. The number of hydrogen-bond donors (Lipinski definition) is 0. The quantitative estimate of drug-likeness (QED) is 0.678. The molecule has 0 unspecified atom stereocenters. The lowest BCUT2D eigenvalue weighted by Crippen LogP contribution is -2.08. The second-order valence-corrected chi connectivity index (χ2v) is 3.89. The summed E-state index contributed by atoms with van der Waals surface area (Å²) in [6.07, 6.45) is 8.47. The summed E-state index contributed by atoms with van der Waals surface area (Å²) >= 11 is 0. The SMILES string of the molecule is CC.CCc1c(C)ncc2c1CCCC2. The Labute approximate surface area is 93.9 Å². The lowest BCUT2D eigenvalue weighted by atomic mass is 9.88. The minimum absolute atomic E-state index is 1.14. The van der Waals surface area contributed by atoms with E-state index < -0.39 is 0 Å². The number of hydrogen-bond acceptors (Lipinski definition) is 1. The van der Waals surface area contributed by atoms with Gasteiger partial charge in [-0.1, -0.05) is 20.8 Å². The third kappa shape index (κ3) is 2.58. The minimum Gasteiger partial charge on any atom is -0.261 e. The Balaban J connectivity index is 0.000000531. The minimum atomic E-state index is 1.14. The highest BCUT2D eigenvalue weighted by Crippen LogP contribution is 2.25. The van der Waals surface area contributed by atoms with Gasteiger partial charge in [-0.3, -0.25) is 4.98 Å². The van der Waals surface area contributed by atoms with Crippen LogP contribution in [0.25, 0.3) is 0 Å². The second kappa shape index (κ2) is 5.89. The highest BCUT2D eigenvalue weighted by molar-refractivity contribution is 5.37. The summed E-state index contributed by atoms with van der Waals surface area (Å²) < 4.78 is 0. The average molecular weight is 205 g/mol. The van der Waals surface area contributed by atoms with Crippen LogP contribution in [0.5, 0.6) is 0 Å². The van der Waals surface area contributed by atoms with E-state index in [1.54, 1.807) is 5.56 Å². The van der Waals surface area contributed by atoms with Crippen molar-refractivity contribution in [1.82, 2.24) is 4.98 Å². The molecule has 1 heteroatoms. The maximum absolute atomic E-state index is 4.46. The molecule has 0 amide bonds. The van der Waals surface area contributed by atoms with Gasteiger partial charge in [0.15, 0.2) is 0 Å². The summed E-state index contributed by atoms with van der Waals surface area (Å²) in [5.41, 5.74) is 5.87. The summed E-state index contributed by atoms with van der Waals surface area (Å²) in [4.78, 5) is 4.46. The van der Waals surface area contributed by atoms with Gasteiger partial charge in [0.2, 0.25) is 0 Å². The maximum Gasteiger partial charge on any atom is 0.0407 e. The van der Waals surface area contributed by atoms with E-state index in [-0.39, 0.29) is 0 Å². The molecule has 84 valence electrons. The van der Waals surface area contributed by atoms with E-state index in [0.717, 1.165) is 6.42 Å². The summed E-state index contributed by atoms with van der Waals surface area (Å²) in [6, 6.07) is 0. The monoisotopic (exact) mass is 205 g/mol. The van der Waals surface area contributed by atoms with Crippen LogP contribution in [-0.2, 0) is 19.3 Å². The van der Waals surface area contributed by atoms with Crippen molar-refractivity contribution < 1.29 is 0 Å². The van der Waals surface area contributed by atoms with Crippen molar-refractivity contribution in [2.24, 2.45) is 0 Å². The van der Waals surface area contributed by atoms with Crippen LogP contribution >= 0.6 is 0 Å². The first-order valence-corrected chi connectivity index (χ1v) is 6.29. The lowest BCUT2D eigenvalue weighted by molar-refractivity contribution is 0.672. The molecule has 1 aromatic rings. The molecule has 2 rings (SSSR count). The van der Waals surface area contributed by atoms with Crippen molar-refractivity contribution >= 4 is 0 Å². The van der Waals surface area contributed by atoms with Crippen LogP contribution in [0.2, 0.25) is 0 Å². The molecule has 0 spiro atoms. The van der Waals surface area contributed by atoms with Crippen molar-refractivity contribution in [3.8, 4) is 0 Å². The Kier molecular flexibility index (Phi) is 4.80. The number of fused-ring (bicyclic) bond motifs is 1. The number of aryl methyl sites for hydroxylation is 2. The molecule has 0 fully saturated rings. The largest absolute Gasteiger partial charge is 0.261 e. The van der Waals surface area contributed by atoms with Gasteiger partial charge in [0.25, 0.3) is 0 Å². The lowest BCUT2D eigenvalue weighted by Gasteiger charge is -2.19. The molecule has 0 saturated heterocycles. The second-order valence-electron chi connectivity index (χ2n) is 3.89. The van der Waals surface area contributed by atoms with Crippen LogP contribution in [-0.4, -0.2) is 4.98 Å². The highest BCUT2D eigenvalue weighted by atomic mass is 14.7. The predicted molar refractivity (Wildman–Crippen MR) is 66.3 cm³/mol. The molecule has 0 N–H and O–H groups in total. The summed E-state index contributed by atoms with van der Waals surface area (Å²) in [6.45, 7) is 8.37.